The van der Waals surface area contributed by atoms with E-state index >= 15 is 0 Å². The molecule has 0 N–H and O–H groups in total. The van der Waals surface area contributed by atoms with Crippen molar-refractivity contribution in [3.05, 3.63) is 5.28 Å². The zero-order chi connectivity index (χ0) is 15.8. The van der Waals surface area contributed by atoms with E-state index in [0.29, 0.717) is 30.5 Å². The highest BCUT2D eigenvalue weighted by Gasteiger charge is 2.21. The van der Waals surface area contributed by atoms with E-state index < -0.39 is 0 Å². The van der Waals surface area contributed by atoms with Crippen molar-refractivity contribution in [2.24, 2.45) is 5.92 Å². The number of ether oxygens (including phenoxy) is 1. The minimum absolute atomic E-state index is 0.186. The number of nitrogens with zero attached hydrogens (tertiary/aromatic N) is 4. The number of halogens is 1. The summed E-state index contributed by atoms with van der Waals surface area (Å²) in [5, 5.41) is 0.186. The highest BCUT2D eigenvalue weighted by atomic mass is 35.5. The third-order valence-electron chi connectivity index (χ3n) is 3.21. The van der Waals surface area contributed by atoms with Crippen LogP contribution in [0.1, 0.15) is 53.9 Å². The number of aromatic nitrogens is 3. The summed E-state index contributed by atoms with van der Waals surface area (Å²) >= 11 is 6.03. The maximum atomic E-state index is 6.03. The van der Waals surface area contributed by atoms with Crippen LogP contribution < -0.4 is 9.64 Å². The average Bonchev–Trinajstić information content (AvgIpc) is 2.44. The highest BCUT2D eigenvalue weighted by molar-refractivity contribution is 6.28. The van der Waals surface area contributed by atoms with Gasteiger partial charge in [0.05, 0.1) is 6.61 Å². The molecule has 0 radical (unpaired) electrons. The molecular formula is C15H27ClN4O. The van der Waals surface area contributed by atoms with Crippen molar-refractivity contribution < 1.29 is 4.74 Å². The normalized spacial score (nSPS) is 11.2. The number of rotatable bonds is 9. The Morgan fingerprint density at radius 1 is 1.10 bits per heavy atom. The maximum absolute atomic E-state index is 6.03. The molecule has 120 valence electrons. The van der Waals surface area contributed by atoms with Crippen LogP contribution in [0, 0.1) is 5.92 Å². The van der Waals surface area contributed by atoms with Crippen LogP contribution in [0.15, 0.2) is 0 Å². The SMILES string of the molecule is CCCOc1nc(Cl)nc(N(CC(C)C)C(CC)CC)n1. The molecule has 1 aromatic heterocycles. The second-order valence-corrected chi connectivity index (χ2v) is 5.89. The molecule has 0 bridgehead atoms. The molecule has 1 aromatic rings. The van der Waals surface area contributed by atoms with E-state index in [2.05, 4.69) is 47.5 Å². The molecule has 1 heterocycles. The lowest BCUT2D eigenvalue weighted by molar-refractivity contribution is 0.291. The zero-order valence-electron chi connectivity index (χ0n) is 13.8. The Labute approximate surface area is 133 Å². The van der Waals surface area contributed by atoms with E-state index in [-0.39, 0.29) is 5.28 Å². The summed E-state index contributed by atoms with van der Waals surface area (Å²) in [7, 11) is 0. The molecule has 6 heteroatoms. The van der Waals surface area contributed by atoms with Crippen LogP contribution in [0.5, 0.6) is 6.01 Å². The summed E-state index contributed by atoms with van der Waals surface area (Å²) in [6.07, 6.45) is 2.98. The van der Waals surface area contributed by atoms with Crippen molar-refractivity contribution in [2.75, 3.05) is 18.1 Å². The third kappa shape index (κ3) is 5.65. The Morgan fingerprint density at radius 2 is 1.76 bits per heavy atom. The summed E-state index contributed by atoms with van der Waals surface area (Å²) in [5.41, 5.74) is 0. The molecule has 0 aliphatic carbocycles. The largest absolute Gasteiger partial charge is 0.463 e. The van der Waals surface area contributed by atoms with Crippen molar-refractivity contribution in [3.8, 4) is 6.01 Å². The first-order valence-electron chi connectivity index (χ1n) is 7.82. The van der Waals surface area contributed by atoms with Crippen LogP contribution in [0.4, 0.5) is 5.95 Å². The molecule has 0 amide bonds. The summed E-state index contributed by atoms with van der Waals surface area (Å²) < 4.78 is 5.51. The first-order chi connectivity index (χ1) is 10.0. The third-order valence-corrected chi connectivity index (χ3v) is 3.38. The molecule has 0 aromatic carbocycles. The van der Waals surface area contributed by atoms with Gasteiger partial charge in [0.2, 0.25) is 11.2 Å². The first kappa shape index (κ1) is 18.0. The summed E-state index contributed by atoms with van der Waals surface area (Å²) in [4.78, 5) is 15.0. The molecule has 0 aliphatic rings. The summed E-state index contributed by atoms with van der Waals surface area (Å²) in [6.45, 7) is 12.2. The van der Waals surface area contributed by atoms with Gasteiger partial charge in [-0.15, -0.1) is 0 Å². The molecule has 21 heavy (non-hydrogen) atoms. The Bertz CT molecular complexity index is 424. The van der Waals surface area contributed by atoms with Gasteiger partial charge in [-0.25, -0.2) is 0 Å². The van der Waals surface area contributed by atoms with Gasteiger partial charge in [-0.05, 0) is 36.8 Å². The quantitative estimate of drug-likeness (QED) is 0.690. The number of hydrogen-bond acceptors (Lipinski definition) is 5. The van der Waals surface area contributed by atoms with Gasteiger partial charge in [0.1, 0.15) is 0 Å². The van der Waals surface area contributed by atoms with E-state index in [4.69, 9.17) is 16.3 Å². The molecule has 0 atom stereocenters. The monoisotopic (exact) mass is 314 g/mol. The summed E-state index contributed by atoms with van der Waals surface area (Å²) in [5.74, 6) is 1.13. The van der Waals surface area contributed by atoms with Crippen LogP contribution in [-0.4, -0.2) is 34.1 Å². The van der Waals surface area contributed by atoms with E-state index in [0.717, 1.165) is 25.8 Å². The van der Waals surface area contributed by atoms with Gasteiger partial charge in [-0.2, -0.15) is 15.0 Å². The van der Waals surface area contributed by atoms with Gasteiger partial charge < -0.3 is 9.64 Å². The Kier molecular flexibility index (Phi) is 7.72. The molecule has 0 saturated heterocycles. The molecule has 0 spiro atoms. The maximum Gasteiger partial charge on any atom is 0.322 e. The van der Waals surface area contributed by atoms with Crippen molar-refractivity contribution in [1.82, 2.24) is 15.0 Å². The van der Waals surface area contributed by atoms with Crippen LogP contribution in [0.3, 0.4) is 0 Å². The first-order valence-corrected chi connectivity index (χ1v) is 8.20. The van der Waals surface area contributed by atoms with Crippen LogP contribution in [0.2, 0.25) is 5.28 Å². The molecule has 0 fully saturated rings. The lowest BCUT2D eigenvalue weighted by atomic mass is 10.1. The lowest BCUT2D eigenvalue weighted by Crippen LogP contribution is -2.38. The Balaban J connectivity index is 3.07. The van der Waals surface area contributed by atoms with Gasteiger partial charge in [0.15, 0.2) is 0 Å². The zero-order valence-corrected chi connectivity index (χ0v) is 14.5. The van der Waals surface area contributed by atoms with E-state index in [1.807, 2.05) is 6.92 Å². The fourth-order valence-electron chi connectivity index (χ4n) is 2.23. The highest BCUT2D eigenvalue weighted by Crippen LogP contribution is 2.21. The molecule has 1 rings (SSSR count). The Hall–Kier alpha value is -1.10. The fourth-order valence-corrected chi connectivity index (χ4v) is 2.37. The number of anilines is 1. The topological polar surface area (TPSA) is 51.1 Å². The lowest BCUT2D eigenvalue weighted by Gasteiger charge is -2.32. The second kappa shape index (κ2) is 9.03. The van der Waals surface area contributed by atoms with Gasteiger partial charge in [-0.1, -0.05) is 34.6 Å². The van der Waals surface area contributed by atoms with Crippen LogP contribution >= 0.6 is 11.6 Å². The summed E-state index contributed by atoms with van der Waals surface area (Å²) in [6, 6.07) is 0.705. The van der Waals surface area contributed by atoms with Gasteiger partial charge >= 0.3 is 6.01 Å². The smallest absolute Gasteiger partial charge is 0.322 e. The van der Waals surface area contributed by atoms with Crippen molar-refractivity contribution in [2.45, 2.75) is 59.9 Å². The van der Waals surface area contributed by atoms with Crippen LogP contribution in [-0.2, 0) is 0 Å². The predicted molar refractivity (Wildman–Crippen MR) is 87.2 cm³/mol. The predicted octanol–water partition coefficient (Wildman–Crippen LogP) is 3.96. The van der Waals surface area contributed by atoms with Crippen molar-refractivity contribution in [3.63, 3.8) is 0 Å². The standard InChI is InChI=1S/C15H27ClN4O/c1-6-9-21-15-18-13(16)17-14(19-15)20(10-11(4)5)12(7-2)8-3/h11-12H,6-10H2,1-5H3. The Morgan fingerprint density at radius 3 is 2.29 bits per heavy atom. The molecule has 0 aliphatic heterocycles. The van der Waals surface area contributed by atoms with E-state index in [1.165, 1.54) is 0 Å². The van der Waals surface area contributed by atoms with Crippen molar-refractivity contribution >= 4 is 17.5 Å². The minimum atomic E-state index is 0.186. The molecule has 5 nitrogen and oxygen atoms in total. The van der Waals surface area contributed by atoms with Gasteiger partial charge in [0, 0.05) is 12.6 Å². The molecular weight excluding hydrogens is 288 g/mol. The molecule has 0 saturated carbocycles. The van der Waals surface area contributed by atoms with E-state index in [1.54, 1.807) is 0 Å². The second-order valence-electron chi connectivity index (χ2n) is 5.55. The molecule has 0 unspecified atom stereocenters. The average molecular weight is 315 g/mol. The van der Waals surface area contributed by atoms with Crippen LogP contribution in [0.25, 0.3) is 0 Å². The van der Waals surface area contributed by atoms with E-state index in [9.17, 15) is 0 Å². The van der Waals surface area contributed by atoms with Gasteiger partial charge in [0.25, 0.3) is 0 Å². The number of hydrogen-bond donors (Lipinski definition) is 0. The minimum Gasteiger partial charge on any atom is -0.463 e. The fraction of sp³-hybridized carbons (Fsp3) is 0.800. The van der Waals surface area contributed by atoms with Crippen molar-refractivity contribution in [1.29, 1.82) is 0 Å². The van der Waals surface area contributed by atoms with Gasteiger partial charge in [-0.3, -0.25) is 0 Å².